The molecule has 2 aromatic rings. The summed E-state index contributed by atoms with van der Waals surface area (Å²) in [5.74, 6) is 1.46. The highest BCUT2D eigenvalue weighted by Gasteiger charge is 2.41. The number of benzene rings is 1. The van der Waals surface area contributed by atoms with E-state index in [0.717, 1.165) is 36.0 Å². The van der Waals surface area contributed by atoms with Gasteiger partial charge in [-0.1, -0.05) is 25.1 Å². The summed E-state index contributed by atoms with van der Waals surface area (Å²) < 4.78 is 18.9. The molecule has 5 nitrogen and oxygen atoms in total. The number of hydrogen-bond donors (Lipinski definition) is 1. The van der Waals surface area contributed by atoms with Crippen LogP contribution in [0, 0.1) is 11.7 Å². The SMILES string of the molecule is CC1CCN(c2ccc(CNC(=O)C3(c4ccc(F)cc4)CCOCC3)cn2)CC1. The largest absolute Gasteiger partial charge is 0.381 e. The molecule has 2 saturated heterocycles. The van der Waals surface area contributed by atoms with Crippen LogP contribution in [-0.4, -0.2) is 37.2 Å². The minimum Gasteiger partial charge on any atom is -0.381 e. The molecule has 1 aromatic carbocycles. The molecule has 6 heteroatoms. The molecule has 0 saturated carbocycles. The summed E-state index contributed by atoms with van der Waals surface area (Å²) in [5, 5.41) is 3.09. The second-order valence-corrected chi connectivity index (χ2v) is 8.58. The van der Waals surface area contributed by atoms with E-state index in [1.165, 1.54) is 25.0 Å². The standard InChI is InChI=1S/C24H30FN3O2/c1-18-8-12-28(13-9-18)22-7-2-19(16-26-22)17-27-23(29)24(10-14-30-15-11-24)20-3-5-21(25)6-4-20/h2-7,16,18H,8-15,17H2,1H3,(H,27,29). The van der Waals surface area contributed by atoms with Crippen LogP contribution >= 0.6 is 0 Å². The normalized spacial score (nSPS) is 19.5. The zero-order valence-corrected chi connectivity index (χ0v) is 17.6. The van der Waals surface area contributed by atoms with Crippen LogP contribution < -0.4 is 10.2 Å². The minimum absolute atomic E-state index is 0.0356. The molecule has 0 spiro atoms. The quantitative estimate of drug-likeness (QED) is 0.813. The summed E-state index contributed by atoms with van der Waals surface area (Å²) in [6.45, 7) is 5.87. The zero-order chi connectivity index (χ0) is 21.0. The molecule has 3 heterocycles. The van der Waals surface area contributed by atoms with Crippen molar-refractivity contribution in [3.8, 4) is 0 Å². The number of nitrogens with zero attached hydrogens (tertiary/aromatic N) is 2. The maximum absolute atomic E-state index is 13.4. The summed E-state index contributed by atoms with van der Waals surface area (Å²) in [7, 11) is 0. The van der Waals surface area contributed by atoms with Gasteiger partial charge < -0.3 is 15.0 Å². The van der Waals surface area contributed by atoms with E-state index in [4.69, 9.17) is 4.74 Å². The summed E-state index contributed by atoms with van der Waals surface area (Å²) in [6, 6.07) is 10.4. The fraction of sp³-hybridized carbons (Fsp3) is 0.500. The second-order valence-electron chi connectivity index (χ2n) is 8.58. The van der Waals surface area contributed by atoms with Crippen molar-refractivity contribution in [2.45, 2.75) is 44.6 Å². The molecule has 1 amide bonds. The number of piperidine rings is 1. The van der Waals surface area contributed by atoms with Crippen molar-refractivity contribution in [1.29, 1.82) is 0 Å². The van der Waals surface area contributed by atoms with Gasteiger partial charge in [0.1, 0.15) is 11.6 Å². The van der Waals surface area contributed by atoms with Gasteiger partial charge in [-0.05, 0) is 60.9 Å². The molecule has 0 atom stereocenters. The maximum Gasteiger partial charge on any atom is 0.231 e. The topological polar surface area (TPSA) is 54.5 Å². The van der Waals surface area contributed by atoms with Crippen LogP contribution in [0.3, 0.4) is 0 Å². The maximum atomic E-state index is 13.4. The minimum atomic E-state index is -0.677. The van der Waals surface area contributed by atoms with Crippen LogP contribution in [-0.2, 0) is 21.5 Å². The highest BCUT2D eigenvalue weighted by Crippen LogP contribution is 2.35. The number of hydrogen-bond acceptors (Lipinski definition) is 4. The van der Waals surface area contributed by atoms with Crippen LogP contribution in [0.5, 0.6) is 0 Å². The smallest absolute Gasteiger partial charge is 0.231 e. The third kappa shape index (κ3) is 4.48. The average Bonchev–Trinajstić information content (AvgIpc) is 2.79. The van der Waals surface area contributed by atoms with Crippen LogP contribution in [0.15, 0.2) is 42.6 Å². The number of halogens is 1. The molecule has 1 aromatic heterocycles. The first-order valence-corrected chi connectivity index (χ1v) is 10.9. The number of carbonyl (C=O) groups excluding carboxylic acids is 1. The molecule has 2 aliphatic rings. The number of nitrogens with one attached hydrogen (secondary N) is 1. The van der Waals surface area contributed by atoms with Gasteiger partial charge in [0.05, 0.1) is 5.41 Å². The third-order valence-electron chi connectivity index (χ3n) is 6.55. The van der Waals surface area contributed by atoms with Crippen LogP contribution in [0.1, 0.15) is 43.7 Å². The van der Waals surface area contributed by atoms with E-state index in [-0.39, 0.29) is 11.7 Å². The molecule has 1 N–H and O–H groups in total. The fourth-order valence-corrected chi connectivity index (χ4v) is 4.43. The Morgan fingerprint density at radius 3 is 2.50 bits per heavy atom. The number of amides is 1. The van der Waals surface area contributed by atoms with Gasteiger partial charge in [0, 0.05) is 39.0 Å². The van der Waals surface area contributed by atoms with Gasteiger partial charge in [0.15, 0.2) is 0 Å². The summed E-state index contributed by atoms with van der Waals surface area (Å²) in [6.07, 6.45) is 5.44. The monoisotopic (exact) mass is 411 g/mol. The Balaban J connectivity index is 1.41. The molecule has 0 unspecified atom stereocenters. The first-order valence-electron chi connectivity index (χ1n) is 10.9. The van der Waals surface area contributed by atoms with E-state index < -0.39 is 5.41 Å². The second kappa shape index (κ2) is 9.13. The molecular formula is C24H30FN3O2. The Bertz CT molecular complexity index is 840. The van der Waals surface area contributed by atoms with Crippen LogP contribution in [0.25, 0.3) is 0 Å². The molecule has 30 heavy (non-hydrogen) atoms. The van der Waals surface area contributed by atoms with Gasteiger partial charge in [-0.3, -0.25) is 4.79 Å². The van der Waals surface area contributed by atoms with E-state index in [9.17, 15) is 9.18 Å². The average molecular weight is 412 g/mol. The number of pyridine rings is 1. The van der Waals surface area contributed by atoms with E-state index in [0.29, 0.717) is 32.6 Å². The summed E-state index contributed by atoms with van der Waals surface area (Å²) >= 11 is 0. The Labute approximate surface area is 177 Å². The number of ether oxygens (including phenoxy) is 1. The third-order valence-corrected chi connectivity index (χ3v) is 6.55. The zero-order valence-electron chi connectivity index (χ0n) is 17.6. The van der Waals surface area contributed by atoms with E-state index in [1.807, 2.05) is 18.3 Å². The Morgan fingerprint density at radius 1 is 1.17 bits per heavy atom. The van der Waals surface area contributed by atoms with Crippen molar-refractivity contribution < 1.29 is 13.9 Å². The van der Waals surface area contributed by atoms with Gasteiger partial charge in [0.25, 0.3) is 0 Å². The van der Waals surface area contributed by atoms with Gasteiger partial charge in [-0.2, -0.15) is 0 Å². The van der Waals surface area contributed by atoms with Gasteiger partial charge in [-0.25, -0.2) is 9.37 Å². The van der Waals surface area contributed by atoms with Gasteiger partial charge in [-0.15, -0.1) is 0 Å². The molecule has 2 fully saturated rings. The lowest BCUT2D eigenvalue weighted by Gasteiger charge is -2.36. The van der Waals surface area contributed by atoms with Crippen molar-refractivity contribution in [1.82, 2.24) is 10.3 Å². The van der Waals surface area contributed by atoms with Gasteiger partial charge in [0.2, 0.25) is 5.91 Å². The molecule has 2 aliphatic heterocycles. The Kier molecular flexibility index (Phi) is 6.32. The highest BCUT2D eigenvalue weighted by atomic mass is 19.1. The van der Waals surface area contributed by atoms with E-state index >= 15 is 0 Å². The Hall–Kier alpha value is -2.47. The molecule has 160 valence electrons. The number of aromatic nitrogens is 1. The molecular weight excluding hydrogens is 381 g/mol. The lowest BCUT2D eigenvalue weighted by Crippen LogP contribution is -2.47. The predicted molar refractivity (Wildman–Crippen MR) is 115 cm³/mol. The summed E-state index contributed by atoms with van der Waals surface area (Å²) in [5.41, 5.74) is 1.14. The molecule has 0 radical (unpaired) electrons. The first kappa shape index (κ1) is 20.8. The fourth-order valence-electron chi connectivity index (χ4n) is 4.43. The molecule has 4 rings (SSSR count). The van der Waals surface area contributed by atoms with Crippen molar-refractivity contribution in [3.05, 3.63) is 59.5 Å². The van der Waals surface area contributed by atoms with Crippen molar-refractivity contribution in [3.63, 3.8) is 0 Å². The first-order chi connectivity index (χ1) is 14.6. The predicted octanol–water partition coefficient (Wildman–Crippen LogP) is 3.82. The van der Waals surface area contributed by atoms with E-state index in [2.05, 4.69) is 22.1 Å². The summed E-state index contributed by atoms with van der Waals surface area (Å²) in [4.78, 5) is 20.2. The molecule has 0 bridgehead atoms. The number of carbonyl (C=O) groups is 1. The number of rotatable bonds is 5. The van der Waals surface area contributed by atoms with Crippen molar-refractivity contribution in [2.24, 2.45) is 5.92 Å². The number of anilines is 1. The van der Waals surface area contributed by atoms with Crippen molar-refractivity contribution >= 4 is 11.7 Å². The Morgan fingerprint density at radius 2 is 1.87 bits per heavy atom. The van der Waals surface area contributed by atoms with Crippen LogP contribution in [0.2, 0.25) is 0 Å². The molecule has 0 aliphatic carbocycles. The van der Waals surface area contributed by atoms with E-state index in [1.54, 1.807) is 12.1 Å². The van der Waals surface area contributed by atoms with Crippen molar-refractivity contribution in [2.75, 3.05) is 31.2 Å². The lowest BCUT2D eigenvalue weighted by atomic mass is 9.73. The highest BCUT2D eigenvalue weighted by molar-refractivity contribution is 5.88. The van der Waals surface area contributed by atoms with Gasteiger partial charge >= 0.3 is 0 Å². The van der Waals surface area contributed by atoms with Crippen LogP contribution in [0.4, 0.5) is 10.2 Å². The lowest BCUT2D eigenvalue weighted by molar-refractivity contribution is -0.130.